The molecule has 1 fully saturated rings. The van der Waals surface area contributed by atoms with Crippen LogP contribution in [0.2, 0.25) is 0 Å². The molecule has 2 rings (SSSR count). The van der Waals surface area contributed by atoms with E-state index in [1.54, 1.807) is 13.1 Å². The fraction of sp³-hybridized carbons (Fsp3) is 0.588. The monoisotopic (exact) mass is 319 g/mol. The second-order valence-electron chi connectivity index (χ2n) is 6.46. The molecule has 0 aliphatic carbocycles. The van der Waals surface area contributed by atoms with Gasteiger partial charge in [0.2, 0.25) is 0 Å². The number of benzene rings is 1. The zero-order chi connectivity index (χ0) is 17.0. The summed E-state index contributed by atoms with van der Waals surface area (Å²) in [6.07, 6.45) is 3.35. The predicted octanol–water partition coefficient (Wildman–Crippen LogP) is 3.22. The van der Waals surface area contributed by atoms with Gasteiger partial charge in [-0.3, -0.25) is 14.9 Å². The number of nitrogens with one attached hydrogen (secondary N) is 1. The van der Waals surface area contributed by atoms with E-state index in [1.807, 2.05) is 0 Å². The summed E-state index contributed by atoms with van der Waals surface area (Å²) in [5.74, 6) is 1.07. The molecule has 1 aromatic rings. The van der Waals surface area contributed by atoms with Gasteiger partial charge in [-0.05, 0) is 37.2 Å². The molecule has 1 unspecified atom stereocenters. The number of hydrogen-bond donors (Lipinski definition) is 1. The summed E-state index contributed by atoms with van der Waals surface area (Å²) in [5, 5.41) is 13.6. The zero-order valence-electron chi connectivity index (χ0n) is 14.0. The average molecular weight is 319 g/mol. The van der Waals surface area contributed by atoms with Crippen molar-refractivity contribution in [1.82, 2.24) is 5.32 Å². The number of nitro groups is 1. The largest absolute Gasteiger partial charge is 0.371 e. The van der Waals surface area contributed by atoms with Gasteiger partial charge in [-0.25, -0.2) is 0 Å². The average Bonchev–Trinajstić information content (AvgIpc) is 2.79. The van der Waals surface area contributed by atoms with Crippen LogP contribution in [0.1, 0.15) is 43.5 Å². The molecule has 126 valence electrons. The second kappa shape index (κ2) is 7.44. The number of anilines is 1. The lowest BCUT2D eigenvalue weighted by Crippen LogP contribution is -2.28. The van der Waals surface area contributed by atoms with Crippen molar-refractivity contribution in [2.24, 2.45) is 11.8 Å². The lowest BCUT2D eigenvalue weighted by atomic mass is 9.89. The van der Waals surface area contributed by atoms with Crippen molar-refractivity contribution in [3.63, 3.8) is 0 Å². The van der Waals surface area contributed by atoms with Crippen LogP contribution in [0, 0.1) is 22.0 Å². The van der Waals surface area contributed by atoms with Crippen LogP contribution in [-0.2, 0) is 0 Å². The van der Waals surface area contributed by atoms with Gasteiger partial charge in [-0.2, -0.15) is 0 Å². The minimum atomic E-state index is -0.465. The van der Waals surface area contributed by atoms with E-state index >= 15 is 0 Å². The van der Waals surface area contributed by atoms with E-state index in [9.17, 15) is 14.9 Å². The molecule has 1 amide bonds. The van der Waals surface area contributed by atoms with Gasteiger partial charge in [-0.1, -0.05) is 13.8 Å². The van der Waals surface area contributed by atoms with E-state index in [4.69, 9.17) is 0 Å². The predicted molar refractivity (Wildman–Crippen MR) is 90.9 cm³/mol. The Morgan fingerprint density at radius 2 is 2.09 bits per heavy atom. The van der Waals surface area contributed by atoms with Crippen molar-refractivity contribution >= 4 is 17.3 Å². The molecule has 0 spiro atoms. The van der Waals surface area contributed by atoms with Crippen molar-refractivity contribution < 1.29 is 9.72 Å². The Balaban J connectivity index is 2.30. The van der Waals surface area contributed by atoms with E-state index in [-0.39, 0.29) is 11.6 Å². The Kier molecular flexibility index (Phi) is 5.58. The Bertz CT molecular complexity index is 586. The molecule has 23 heavy (non-hydrogen) atoms. The summed E-state index contributed by atoms with van der Waals surface area (Å²) < 4.78 is 0. The van der Waals surface area contributed by atoms with Crippen molar-refractivity contribution in [2.75, 3.05) is 25.0 Å². The summed E-state index contributed by atoms with van der Waals surface area (Å²) in [7, 11) is 1.54. The van der Waals surface area contributed by atoms with E-state index in [0.29, 0.717) is 17.4 Å². The first-order chi connectivity index (χ1) is 10.9. The number of hydrogen-bond acceptors (Lipinski definition) is 4. The minimum absolute atomic E-state index is 0.0535. The molecule has 1 aromatic carbocycles. The summed E-state index contributed by atoms with van der Waals surface area (Å²) >= 11 is 0. The quantitative estimate of drug-likeness (QED) is 0.683. The van der Waals surface area contributed by atoms with Crippen LogP contribution in [0.4, 0.5) is 11.4 Å². The van der Waals surface area contributed by atoms with Crippen molar-refractivity contribution in [3.8, 4) is 0 Å². The van der Waals surface area contributed by atoms with Crippen LogP contribution in [0.5, 0.6) is 0 Å². The molecule has 0 saturated carbocycles. The number of nitro benzene ring substituents is 1. The first-order valence-electron chi connectivity index (χ1n) is 8.19. The smallest absolute Gasteiger partial charge is 0.270 e. The SMILES string of the molecule is CNC(=O)c1cc([N+](=O)[O-])ccc1N1CCCC(C(C)C)CC1. The Hall–Kier alpha value is -2.11. The van der Waals surface area contributed by atoms with Crippen molar-refractivity contribution in [1.29, 1.82) is 0 Å². The third-order valence-electron chi connectivity index (χ3n) is 4.72. The Labute approximate surface area is 137 Å². The summed E-state index contributed by atoms with van der Waals surface area (Å²) in [5.41, 5.74) is 1.12. The van der Waals surface area contributed by atoms with Gasteiger partial charge >= 0.3 is 0 Å². The van der Waals surface area contributed by atoms with Gasteiger partial charge in [0.1, 0.15) is 0 Å². The van der Waals surface area contributed by atoms with Gasteiger partial charge in [0.25, 0.3) is 11.6 Å². The van der Waals surface area contributed by atoms with E-state index in [1.165, 1.54) is 18.6 Å². The molecule has 0 aromatic heterocycles. The molecule has 0 bridgehead atoms. The molecule has 1 N–H and O–H groups in total. The van der Waals surface area contributed by atoms with Crippen LogP contribution in [-0.4, -0.2) is 31.0 Å². The molecule has 1 atom stereocenters. The lowest BCUT2D eigenvalue weighted by Gasteiger charge is -2.25. The van der Waals surface area contributed by atoms with Gasteiger partial charge < -0.3 is 10.2 Å². The van der Waals surface area contributed by atoms with Gasteiger partial charge in [0.15, 0.2) is 0 Å². The Morgan fingerprint density at radius 1 is 1.35 bits per heavy atom. The van der Waals surface area contributed by atoms with E-state index < -0.39 is 4.92 Å². The summed E-state index contributed by atoms with van der Waals surface area (Å²) in [4.78, 5) is 24.9. The number of carbonyl (C=O) groups excluding carboxylic acids is 1. The highest BCUT2D eigenvalue weighted by Gasteiger charge is 2.24. The number of carbonyl (C=O) groups is 1. The van der Waals surface area contributed by atoms with Crippen LogP contribution >= 0.6 is 0 Å². The minimum Gasteiger partial charge on any atom is -0.371 e. The molecule has 0 radical (unpaired) electrons. The maximum atomic E-state index is 12.1. The molecule has 1 aliphatic rings. The highest BCUT2D eigenvalue weighted by atomic mass is 16.6. The van der Waals surface area contributed by atoms with E-state index in [2.05, 4.69) is 24.1 Å². The molecule has 1 saturated heterocycles. The number of rotatable bonds is 4. The highest BCUT2D eigenvalue weighted by Crippen LogP contribution is 2.30. The van der Waals surface area contributed by atoms with Crippen molar-refractivity contribution in [2.45, 2.75) is 33.1 Å². The topological polar surface area (TPSA) is 75.5 Å². The maximum absolute atomic E-state index is 12.1. The normalized spacial score (nSPS) is 18.6. The first kappa shape index (κ1) is 17.2. The van der Waals surface area contributed by atoms with Crippen LogP contribution in [0.3, 0.4) is 0 Å². The third kappa shape index (κ3) is 4.00. The fourth-order valence-electron chi connectivity index (χ4n) is 3.26. The molecular formula is C17H25N3O3. The molecule has 1 aliphatic heterocycles. The number of nitrogens with zero attached hydrogens (tertiary/aromatic N) is 2. The van der Waals surface area contributed by atoms with Gasteiger partial charge in [0, 0.05) is 32.3 Å². The highest BCUT2D eigenvalue weighted by molar-refractivity contribution is 6.00. The first-order valence-corrected chi connectivity index (χ1v) is 8.19. The zero-order valence-corrected chi connectivity index (χ0v) is 14.0. The summed E-state index contributed by atoms with van der Waals surface area (Å²) in [6, 6.07) is 4.56. The third-order valence-corrected chi connectivity index (χ3v) is 4.72. The summed E-state index contributed by atoms with van der Waals surface area (Å²) in [6.45, 7) is 6.26. The van der Waals surface area contributed by atoms with Crippen LogP contribution in [0.15, 0.2) is 18.2 Å². The lowest BCUT2D eigenvalue weighted by molar-refractivity contribution is -0.384. The number of non-ortho nitro benzene ring substituents is 1. The second-order valence-corrected chi connectivity index (χ2v) is 6.46. The van der Waals surface area contributed by atoms with Gasteiger partial charge in [0.05, 0.1) is 16.2 Å². The number of amides is 1. The molecule has 6 heteroatoms. The van der Waals surface area contributed by atoms with Crippen LogP contribution < -0.4 is 10.2 Å². The van der Waals surface area contributed by atoms with Crippen molar-refractivity contribution in [3.05, 3.63) is 33.9 Å². The van der Waals surface area contributed by atoms with E-state index in [0.717, 1.165) is 31.6 Å². The molecule has 6 nitrogen and oxygen atoms in total. The molecular weight excluding hydrogens is 294 g/mol. The maximum Gasteiger partial charge on any atom is 0.270 e. The molecule has 1 heterocycles. The van der Waals surface area contributed by atoms with Crippen LogP contribution in [0.25, 0.3) is 0 Å². The standard InChI is InChI=1S/C17H25N3O3/c1-12(2)13-5-4-9-19(10-8-13)16-7-6-14(20(22)23)11-15(16)17(21)18-3/h6-7,11-13H,4-5,8-10H2,1-3H3,(H,18,21). The Morgan fingerprint density at radius 3 is 2.70 bits per heavy atom. The fourth-order valence-corrected chi connectivity index (χ4v) is 3.26. The van der Waals surface area contributed by atoms with Gasteiger partial charge in [-0.15, -0.1) is 0 Å².